The fourth-order valence-electron chi connectivity index (χ4n) is 5.00. The van der Waals surface area contributed by atoms with Gasteiger partial charge in [-0.05, 0) is 67.9 Å². The van der Waals surface area contributed by atoms with Gasteiger partial charge >= 0.3 is 0 Å². The molecule has 0 radical (unpaired) electrons. The van der Waals surface area contributed by atoms with Crippen LogP contribution in [0.25, 0.3) is 0 Å². The average Bonchev–Trinajstić information content (AvgIpc) is 2.94. The lowest BCUT2D eigenvalue weighted by Gasteiger charge is -2.35. The van der Waals surface area contributed by atoms with E-state index in [-0.39, 0.29) is 18.2 Å². The third kappa shape index (κ3) is 8.18. The van der Waals surface area contributed by atoms with Gasteiger partial charge in [0.25, 0.3) is 5.91 Å². The van der Waals surface area contributed by atoms with Crippen molar-refractivity contribution in [3.05, 3.63) is 95.6 Å². The number of anilines is 2. The van der Waals surface area contributed by atoms with Crippen molar-refractivity contribution in [3.63, 3.8) is 0 Å². The number of carbonyl (C=O) groups excluding carboxylic acids is 2. The molecule has 4 rings (SSSR count). The molecule has 0 atom stereocenters. The van der Waals surface area contributed by atoms with E-state index in [0.717, 1.165) is 50.0 Å². The van der Waals surface area contributed by atoms with Gasteiger partial charge in [-0.3, -0.25) is 9.59 Å². The number of rotatable bonds is 12. The Morgan fingerprint density at radius 2 is 1.61 bits per heavy atom. The van der Waals surface area contributed by atoms with Crippen molar-refractivity contribution in [1.29, 1.82) is 0 Å². The Morgan fingerprint density at radius 3 is 2.29 bits per heavy atom. The summed E-state index contributed by atoms with van der Waals surface area (Å²) >= 11 is 0. The Hall–Kier alpha value is -3.64. The molecule has 1 saturated heterocycles. The topological polar surface area (TPSA) is 70.7 Å². The van der Waals surface area contributed by atoms with E-state index < -0.39 is 0 Å². The van der Waals surface area contributed by atoms with E-state index in [1.54, 1.807) is 0 Å². The van der Waals surface area contributed by atoms with Gasteiger partial charge in [-0.1, -0.05) is 60.7 Å². The summed E-state index contributed by atoms with van der Waals surface area (Å²) in [5.74, 6) is 0.414. The minimum atomic E-state index is -0.123. The lowest BCUT2D eigenvalue weighted by atomic mass is 9.89. The molecule has 200 valence electrons. The minimum absolute atomic E-state index is 0.103. The number of amides is 2. The number of carbonyl (C=O) groups is 2. The fourth-order valence-corrected chi connectivity index (χ4v) is 5.00. The predicted molar refractivity (Wildman–Crippen MR) is 154 cm³/mol. The molecule has 0 saturated carbocycles. The van der Waals surface area contributed by atoms with Crippen LogP contribution >= 0.6 is 0 Å². The molecule has 1 aliphatic rings. The molecule has 2 amide bonds. The number of hydrogen-bond donors (Lipinski definition) is 2. The Balaban J connectivity index is 1.43. The van der Waals surface area contributed by atoms with Crippen LogP contribution in [0.5, 0.6) is 0 Å². The number of ether oxygens (including phenoxy) is 1. The van der Waals surface area contributed by atoms with Crippen LogP contribution in [0, 0.1) is 5.92 Å². The Morgan fingerprint density at radius 1 is 0.921 bits per heavy atom. The summed E-state index contributed by atoms with van der Waals surface area (Å²) in [6, 6.07) is 26.0. The first-order chi connectivity index (χ1) is 18.6. The van der Waals surface area contributed by atoms with Crippen molar-refractivity contribution in [2.75, 3.05) is 43.1 Å². The van der Waals surface area contributed by atoms with Crippen LogP contribution in [0.2, 0.25) is 0 Å². The van der Waals surface area contributed by atoms with Crippen LogP contribution in [0.3, 0.4) is 0 Å². The molecule has 6 heteroatoms. The molecular formula is C32H39N3O3. The molecular weight excluding hydrogens is 474 g/mol. The third-order valence-electron chi connectivity index (χ3n) is 7.01. The van der Waals surface area contributed by atoms with Crippen LogP contribution in [0.15, 0.2) is 78.9 Å². The Bertz CT molecular complexity index is 1160. The van der Waals surface area contributed by atoms with Crippen LogP contribution < -0.4 is 15.5 Å². The van der Waals surface area contributed by atoms with Gasteiger partial charge in [0.1, 0.15) is 0 Å². The highest BCUT2D eigenvalue weighted by Gasteiger charge is 2.24. The third-order valence-corrected chi connectivity index (χ3v) is 7.01. The summed E-state index contributed by atoms with van der Waals surface area (Å²) < 4.78 is 5.40. The SMILES string of the molecule is CCOCCCNC(=O)c1cc(NC(=O)Cc2ccccc2)ccc1N1CCC(Cc2ccccc2)CC1. The molecule has 0 spiro atoms. The summed E-state index contributed by atoms with van der Waals surface area (Å²) in [5.41, 5.74) is 4.49. The van der Waals surface area contributed by atoms with Crippen molar-refractivity contribution >= 4 is 23.2 Å². The molecule has 1 aliphatic heterocycles. The summed E-state index contributed by atoms with van der Waals surface area (Å²) in [6.07, 6.45) is 4.30. The molecule has 2 N–H and O–H groups in total. The predicted octanol–water partition coefficient (Wildman–Crippen LogP) is 5.48. The Kier molecular flexibility index (Phi) is 10.3. The highest BCUT2D eigenvalue weighted by molar-refractivity contribution is 6.02. The number of hydrogen-bond acceptors (Lipinski definition) is 4. The number of benzene rings is 3. The second-order valence-corrected chi connectivity index (χ2v) is 9.87. The van der Waals surface area contributed by atoms with Crippen LogP contribution in [0.4, 0.5) is 11.4 Å². The molecule has 38 heavy (non-hydrogen) atoms. The molecule has 1 heterocycles. The van der Waals surface area contributed by atoms with Gasteiger partial charge in [0.2, 0.25) is 5.91 Å². The van der Waals surface area contributed by atoms with E-state index in [1.165, 1.54) is 5.56 Å². The first-order valence-electron chi connectivity index (χ1n) is 13.7. The minimum Gasteiger partial charge on any atom is -0.382 e. The molecule has 0 aliphatic carbocycles. The monoisotopic (exact) mass is 513 g/mol. The second-order valence-electron chi connectivity index (χ2n) is 9.87. The zero-order valence-electron chi connectivity index (χ0n) is 22.3. The van der Waals surface area contributed by atoms with Gasteiger partial charge in [-0.25, -0.2) is 0 Å². The quantitative estimate of drug-likeness (QED) is 0.315. The smallest absolute Gasteiger partial charge is 0.253 e. The van der Waals surface area contributed by atoms with Crippen molar-refractivity contribution < 1.29 is 14.3 Å². The summed E-state index contributed by atoms with van der Waals surface area (Å²) in [5, 5.41) is 6.02. The first-order valence-corrected chi connectivity index (χ1v) is 13.7. The maximum atomic E-state index is 13.3. The van der Waals surface area contributed by atoms with E-state index in [2.05, 4.69) is 45.9 Å². The van der Waals surface area contributed by atoms with E-state index in [1.807, 2.05) is 55.5 Å². The van der Waals surface area contributed by atoms with Gasteiger partial charge < -0.3 is 20.3 Å². The molecule has 6 nitrogen and oxygen atoms in total. The van der Waals surface area contributed by atoms with Gasteiger partial charge in [0, 0.05) is 44.2 Å². The van der Waals surface area contributed by atoms with Crippen molar-refractivity contribution in [3.8, 4) is 0 Å². The maximum absolute atomic E-state index is 13.3. The van der Waals surface area contributed by atoms with Crippen molar-refractivity contribution in [1.82, 2.24) is 5.32 Å². The largest absolute Gasteiger partial charge is 0.382 e. The van der Waals surface area contributed by atoms with E-state index in [0.29, 0.717) is 36.9 Å². The van der Waals surface area contributed by atoms with Crippen molar-refractivity contribution in [2.45, 2.75) is 39.0 Å². The van der Waals surface area contributed by atoms with Crippen molar-refractivity contribution in [2.24, 2.45) is 5.92 Å². The maximum Gasteiger partial charge on any atom is 0.253 e. The first kappa shape index (κ1) is 27.4. The fraction of sp³-hybridized carbons (Fsp3) is 0.375. The Labute approximate surface area is 226 Å². The van der Waals surface area contributed by atoms with Gasteiger partial charge in [0.05, 0.1) is 12.0 Å². The highest BCUT2D eigenvalue weighted by atomic mass is 16.5. The number of nitrogens with one attached hydrogen (secondary N) is 2. The van der Waals surface area contributed by atoms with Gasteiger partial charge in [-0.15, -0.1) is 0 Å². The molecule has 0 aromatic heterocycles. The van der Waals surface area contributed by atoms with E-state index in [9.17, 15) is 9.59 Å². The standard InChI is InChI=1S/C32H39N3O3/c1-2-38-21-9-18-33-32(37)29-24-28(34-31(36)23-26-12-7-4-8-13-26)14-15-30(29)35-19-16-27(17-20-35)22-25-10-5-3-6-11-25/h3-8,10-15,24,27H,2,9,16-23H2,1H3,(H,33,37)(H,34,36). The van der Waals surface area contributed by atoms with E-state index >= 15 is 0 Å². The van der Waals surface area contributed by atoms with Gasteiger partial charge in [0.15, 0.2) is 0 Å². The molecule has 3 aromatic carbocycles. The second kappa shape index (κ2) is 14.3. The summed E-state index contributed by atoms with van der Waals surface area (Å²) in [4.78, 5) is 28.3. The number of nitrogens with zero attached hydrogens (tertiary/aromatic N) is 1. The molecule has 0 unspecified atom stereocenters. The lowest BCUT2D eigenvalue weighted by molar-refractivity contribution is -0.115. The van der Waals surface area contributed by atoms with Crippen LogP contribution in [-0.2, 0) is 22.4 Å². The lowest BCUT2D eigenvalue weighted by Crippen LogP contribution is -2.36. The molecule has 0 bridgehead atoms. The zero-order chi connectivity index (χ0) is 26.6. The number of piperidine rings is 1. The molecule has 3 aromatic rings. The highest BCUT2D eigenvalue weighted by Crippen LogP contribution is 2.30. The normalized spacial score (nSPS) is 13.8. The average molecular weight is 514 g/mol. The van der Waals surface area contributed by atoms with Gasteiger partial charge in [-0.2, -0.15) is 0 Å². The molecule has 1 fully saturated rings. The zero-order valence-corrected chi connectivity index (χ0v) is 22.3. The van der Waals surface area contributed by atoms with Crippen LogP contribution in [0.1, 0.15) is 47.7 Å². The van der Waals surface area contributed by atoms with E-state index in [4.69, 9.17) is 4.74 Å². The van der Waals surface area contributed by atoms with Crippen LogP contribution in [-0.4, -0.2) is 44.7 Å². The summed E-state index contributed by atoms with van der Waals surface area (Å²) in [6.45, 7) is 5.61. The summed E-state index contributed by atoms with van der Waals surface area (Å²) in [7, 11) is 0.